The number of alkyl halides is 3. The summed E-state index contributed by atoms with van der Waals surface area (Å²) in [6, 6.07) is 2.89. The monoisotopic (exact) mass is 464 g/mol. The van der Waals surface area contributed by atoms with E-state index in [1.54, 1.807) is 0 Å². The average molecular weight is 464 g/mol. The minimum absolute atomic E-state index is 0.0800. The van der Waals surface area contributed by atoms with Crippen LogP contribution < -0.4 is 22.7 Å². The third-order valence-corrected chi connectivity index (χ3v) is 6.84. The Kier molecular flexibility index (Phi) is 5.26. The summed E-state index contributed by atoms with van der Waals surface area (Å²) in [7, 11) is 0. The quantitative estimate of drug-likeness (QED) is 0.387. The normalized spacial score (nSPS) is 24.8. The van der Waals surface area contributed by atoms with Crippen LogP contribution in [-0.2, 0) is 23.1 Å². The molecule has 1 aliphatic carbocycles. The molecule has 2 fully saturated rings. The van der Waals surface area contributed by atoms with Gasteiger partial charge in [-0.05, 0) is 37.3 Å². The van der Waals surface area contributed by atoms with Crippen LogP contribution in [0.1, 0.15) is 30.5 Å². The molecule has 178 valence electrons. The topological polar surface area (TPSA) is 133 Å². The van der Waals surface area contributed by atoms with Crippen molar-refractivity contribution in [3.63, 3.8) is 0 Å². The number of aromatic nitrogens is 3. The second kappa shape index (κ2) is 7.89. The van der Waals surface area contributed by atoms with Gasteiger partial charge in [-0.3, -0.25) is 15.4 Å². The largest absolute Gasteiger partial charge is 0.419 e. The van der Waals surface area contributed by atoms with Crippen LogP contribution in [0.25, 0.3) is 11.3 Å². The van der Waals surface area contributed by atoms with E-state index in [4.69, 9.17) is 22.0 Å². The predicted molar refractivity (Wildman–Crippen MR) is 115 cm³/mol. The van der Waals surface area contributed by atoms with Crippen molar-refractivity contribution in [2.75, 3.05) is 25.4 Å². The smallest absolute Gasteiger partial charge is 0.403 e. The van der Waals surface area contributed by atoms with Gasteiger partial charge in [-0.25, -0.2) is 4.98 Å². The van der Waals surface area contributed by atoms with Gasteiger partial charge in [0.15, 0.2) is 0 Å². The number of nitrogens with zero attached hydrogens (tertiary/aromatic N) is 4. The molecule has 1 saturated carbocycles. The summed E-state index contributed by atoms with van der Waals surface area (Å²) in [6.45, 7) is 2.39. The summed E-state index contributed by atoms with van der Waals surface area (Å²) in [6.07, 6.45) is 1.21. The van der Waals surface area contributed by atoms with Gasteiger partial charge in [0, 0.05) is 31.0 Å². The third kappa shape index (κ3) is 3.81. The highest BCUT2D eigenvalue weighted by Crippen LogP contribution is 2.45. The van der Waals surface area contributed by atoms with Gasteiger partial charge in [0.25, 0.3) is 0 Å². The van der Waals surface area contributed by atoms with Crippen LogP contribution in [0.15, 0.2) is 30.2 Å². The van der Waals surface area contributed by atoms with E-state index >= 15 is 0 Å². The number of nitrogen functional groups attached to an aromatic ring is 1. The Morgan fingerprint density at radius 2 is 2.09 bits per heavy atom. The first-order chi connectivity index (χ1) is 15.8. The Morgan fingerprint density at radius 1 is 1.30 bits per heavy atom. The molecular formula is C21H27F3N8O. The lowest BCUT2D eigenvalue weighted by Gasteiger charge is -2.36. The van der Waals surface area contributed by atoms with Crippen molar-refractivity contribution in [1.82, 2.24) is 25.1 Å². The third-order valence-electron chi connectivity index (χ3n) is 6.84. The molecule has 4 heterocycles. The van der Waals surface area contributed by atoms with Crippen LogP contribution in [0.2, 0.25) is 0 Å². The number of pyridine rings is 1. The van der Waals surface area contributed by atoms with E-state index in [-0.39, 0.29) is 11.6 Å². The first-order valence-electron chi connectivity index (χ1n) is 10.9. The predicted octanol–water partition coefficient (Wildman–Crippen LogP) is 1.52. The van der Waals surface area contributed by atoms with Crippen LogP contribution >= 0.6 is 0 Å². The molecule has 2 aliphatic heterocycles. The second-order valence-corrected chi connectivity index (χ2v) is 8.90. The molecule has 9 nitrogen and oxygen atoms in total. The van der Waals surface area contributed by atoms with Crippen LogP contribution in [-0.4, -0.2) is 45.4 Å². The standard InChI is InChI=1S/C21H27F3N8O/c22-21(23,24)14-7-13(10-28-19(14)26)15-8-17-20(33-6-5-32(17)30-15)3-4-31(11-20)18(12-1-2-12)16(9-25)29-27/h7-10,12,18,29H,1-6,11,25,27H2,(H2,26,28)/b16-9-/t18?,20-/m1/s1. The van der Waals surface area contributed by atoms with Gasteiger partial charge >= 0.3 is 6.18 Å². The molecule has 1 saturated heterocycles. The van der Waals surface area contributed by atoms with Crippen LogP contribution in [0.5, 0.6) is 0 Å². The molecule has 3 aliphatic rings. The van der Waals surface area contributed by atoms with Gasteiger partial charge in [0.05, 0.1) is 41.8 Å². The summed E-state index contributed by atoms with van der Waals surface area (Å²) in [5, 5.41) is 4.58. The number of ether oxygens (including phenoxy) is 1. The molecule has 7 N–H and O–H groups in total. The summed E-state index contributed by atoms with van der Waals surface area (Å²) in [4.78, 5) is 6.07. The van der Waals surface area contributed by atoms with E-state index in [1.807, 2.05) is 10.7 Å². The van der Waals surface area contributed by atoms with Gasteiger partial charge in [-0.15, -0.1) is 0 Å². The van der Waals surface area contributed by atoms with Crippen molar-refractivity contribution in [3.05, 3.63) is 41.5 Å². The van der Waals surface area contributed by atoms with Crippen LogP contribution in [0, 0.1) is 5.92 Å². The fourth-order valence-electron chi connectivity index (χ4n) is 5.11. The Bertz CT molecular complexity index is 1080. The Balaban J connectivity index is 1.47. The molecule has 2 aromatic rings. The van der Waals surface area contributed by atoms with Crippen molar-refractivity contribution >= 4 is 5.82 Å². The molecule has 2 atom stereocenters. The van der Waals surface area contributed by atoms with Gasteiger partial charge in [0.2, 0.25) is 0 Å². The van der Waals surface area contributed by atoms with Crippen molar-refractivity contribution in [2.24, 2.45) is 17.5 Å². The lowest BCUT2D eigenvalue weighted by molar-refractivity contribution is -0.137. The number of nitrogens with two attached hydrogens (primary N) is 3. The summed E-state index contributed by atoms with van der Waals surface area (Å²) >= 11 is 0. The van der Waals surface area contributed by atoms with Crippen molar-refractivity contribution < 1.29 is 17.9 Å². The van der Waals surface area contributed by atoms with E-state index < -0.39 is 23.2 Å². The number of hydrazine groups is 1. The second-order valence-electron chi connectivity index (χ2n) is 8.90. The van der Waals surface area contributed by atoms with E-state index in [1.165, 1.54) is 12.4 Å². The first kappa shape index (κ1) is 22.0. The number of hydrogen-bond acceptors (Lipinski definition) is 8. The average Bonchev–Trinajstić information content (AvgIpc) is 3.37. The Labute approximate surface area is 188 Å². The zero-order valence-electron chi connectivity index (χ0n) is 18.0. The van der Waals surface area contributed by atoms with Crippen LogP contribution in [0.4, 0.5) is 19.0 Å². The van der Waals surface area contributed by atoms with Crippen molar-refractivity contribution in [1.29, 1.82) is 0 Å². The number of rotatable bonds is 5. The number of anilines is 1. The molecule has 33 heavy (non-hydrogen) atoms. The zero-order valence-corrected chi connectivity index (χ0v) is 18.0. The molecule has 12 heteroatoms. The number of halogens is 3. The van der Waals surface area contributed by atoms with Gasteiger partial charge < -0.3 is 21.6 Å². The highest BCUT2D eigenvalue weighted by molar-refractivity contribution is 5.63. The van der Waals surface area contributed by atoms with E-state index in [0.717, 1.165) is 43.3 Å². The lowest BCUT2D eigenvalue weighted by atomic mass is 9.96. The fourth-order valence-corrected chi connectivity index (χ4v) is 5.11. The maximum atomic E-state index is 13.3. The van der Waals surface area contributed by atoms with Crippen molar-refractivity contribution in [2.45, 2.75) is 43.6 Å². The lowest BCUT2D eigenvalue weighted by Crippen LogP contribution is -2.46. The highest BCUT2D eigenvalue weighted by atomic mass is 19.4. The molecule has 0 amide bonds. The minimum atomic E-state index is -4.59. The summed E-state index contributed by atoms with van der Waals surface area (Å²) in [5.74, 6) is 5.65. The molecular weight excluding hydrogens is 437 g/mol. The zero-order chi connectivity index (χ0) is 23.4. The number of fused-ring (bicyclic) bond motifs is 2. The highest BCUT2D eigenvalue weighted by Gasteiger charge is 2.50. The molecule has 5 rings (SSSR count). The number of hydrogen-bond donors (Lipinski definition) is 4. The summed E-state index contributed by atoms with van der Waals surface area (Å²) in [5.41, 5.74) is 14.8. The van der Waals surface area contributed by atoms with E-state index in [0.29, 0.717) is 31.3 Å². The molecule has 2 aromatic heterocycles. The molecule has 1 spiro atoms. The fraction of sp³-hybridized carbons (Fsp3) is 0.524. The van der Waals surface area contributed by atoms with E-state index in [9.17, 15) is 13.2 Å². The maximum absolute atomic E-state index is 13.3. The van der Waals surface area contributed by atoms with Gasteiger partial charge in [0.1, 0.15) is 11.4 Å². The SMILES string of the molecule is N/C=C(\NN)C(C1CC1)N1CC[C@]2(C1)OCCn1nc(-c3cnc(N)c(C(F)(F)F)c3)cc12. The molecule has 1 unspecified atom stereocenters. The first-order valence-corrected chi connectivity index (χ1v) is 10.9. The van der Waals surface area contributed by atoms with Crippen molar-refractivity contribution in [3.8, 4) is 11.3 Å². The van der Waals surface area contributed by atoms with E-state index in [2.05, 4.69) is 20.4 Å². The Morgan fingerprint density at radius 3 is 2.76 bits per heavy atom. The number of nitrogens with one attached hydrogen (secondary N) is 1. The Hall–Kier alpha value is -2.83. The molecule has 0 aromatic carbocycles. The van der Waals surface area contributed by atoms with Gasteiger partial charge in [-0.2, -0.15) is 18.3 Å². The molecule has 0 radical (unpaired) electrons. The maximum Gasteiger partial charge on any atom is 0.419 e. The van der Waals surface area contributed by atoms with Gasteiger partial charge in [-0.1, -0.05) is 0 Å². The summed E-state index contributed by atoms with van der Waals surface area (Å²) < 4.78 is 48.1. The number of likely N-dealkylation sites (tertiary alicyclic amines) is 1. The van der Waals surface area contributed by atoms with Crippen LogP contribution in [0.3, 0.4) is 0 Å². The molecule has 0 bridgehead atoms. The minimum Gasteiger partial charge on any atom is -0.403 e.